The van der Waals surface area contributed by atoms with Crippen molar-refractivity contribution in [1.82, 2.24) is 4.90 Å². The maximum absolute atomic E-state index is 12.7. The summed E-state index contributed by atoms with van der Waals surface area (Å²) in [6, 6.07) is 20.3. The van der Waals surface area contributed by atoms with Crippen molar-refractivity contribution in [3.05, 3.63) is 94.5 Å². The Morgan fingerprint density at radius 3 is 2.03 bits per heavy atom. The van der Waals surface area contributed by atoms with Crippen LogP contribution in [0, 0.1) is 5.41 Å². The second-order valence-corrected chi connectivity index (χ2v) is 7.22. The predicted molar refractivity (Wildman–Crippen MR) is 121 cm³/mol. The molecule has 0 aliphatic carbocycles. The topological polar surface area (TPSA) is 85.3 Å². The lowest BCUT2D eigenvalue weighted by atomic mass is 10.1. The summed E-state index contributed by atoms with van der Waals surface area (Å²) in [4.78, 5) is 27.1. The molecular formula is C23H21ClN4O2. The summed E-state index contributed by atoms with van der Waals surface area (Å²) in [5.41, 5.74) is 2.48. The molecule has 0 aliphatic heterocycles. The highest BCUT2D eigenvalue weighted by Crippen LogP contribution is 2.20. The molecule has 3 N–H and O–H groups in total. The van der Waals surface area contributed by atoms with Crippen molar-refractivity contribution < 1.29 is 9.59 Å². The van der Waals surface area contributed by atoms with Crippen molar-refractivity contribution in [2.45, 2.75) is 0 Å². The van der Waals surface area contributed by atoms with Crippen LogP contribution in [0.25, 0.3) is 0 Å². The standard InChI is InChI=1S/C23H21ClN4O2/c1-28(2)21(25)15-7-9-16(10-8-15)22(29)27-20-6-4-3-5-19(20)23(30)26-18-13-11-17(24)12-14-18/h3-14,25H,1-2H3,(H,26,30)(H,27,29). The van der Waals surface area contributed by atoms with Crippen LogP contribution < -0.4 is 10.6 Å². The number of hydrogen-bond donors (Lipinski definition) is 3. The third-order valence-corrected chi connectivity index (χ3v) is 4.64. The molecule has 0 aromatic heterocycles. The molecule has 0 atom stereocenters. The number of nitrogens with one attached hydrogen (secondary N) is 3. The normalized spacial score (nSPS) is 10.2. The van der Waals surface area contributed by atoms with E-state index in [1.165, 1.54) is 0 Å². The molecule has 6 nitrogen and oxygen atoms in total. The van der Waals surface area contributed by atoms with Crippen molar-refractivity contribution in [1.29, 1.82) is 5.41 Å². The first-order chi connectivity index (χ1) is 14.3. The fourth-order valence-electron chi connectivity index (χ4n) is 2.75. The van der Waals surface area contributed by atoms with Crippen LogP contribution in [-0.4, -0.2) is 36.6 Å². The second-order valence-electron chi connectivity index (χ2n) is 6.78. The van der Waals surface area contributed by atoms with Crippen LogP contribution in [0.3, 0.4) is 0 Å². The van der Waals surface area contributed by atoms with Crippen molar-refractivity contribution >= 4 is 40.6 Å². The molecule has 2 amide bonds. The SMILES string of the molecule is CN(C)C(=N)c1ccc(C(=O)Nc2ccccc2C(=O)Nc2ccc(Cl)cc2)cc1. The van der Waals surface area contributed by atoms with Gasteiger partial charge in [0.1, 0.15) is 5.84 Å². The molecule has 30 heavy (non-hydrogen) atoms. The Morgan fingerprint density at radius 2 is 1.40 bits per heavy atom. The van der Waals surface area contributed by atoms with Gasteiger partial charge in [-0.25, -0.2) is 0 Å². The number of anilines is 2. The highest BCUT2D eigenvalue weighted by Gasteiger charge is 2.15. The Morgan fingerprint density at radius 1 is 0.800 bits per heavy atom. The zero-order chi connectivity index (χ0) is 21.7. The summed E-state index contributed by atoms with van der Waals surface area (Å²) in [5.74, 6) is -0.334. The number of hydrogen-bond acceptors (Lipinski definition) is 3. The average molecular weight is 421 g/mol. The summed E-state index contributed by atoms with van der Waals surface area (Å²) in [6.07, 6.45) is 0. The minimum Gasteiger partial charge on any atom is -0.363 e. The van der Waals surface area contributed by atoms with E-state index in [9.17, 15) is 9.59 Å². The van der Waals surface area contributed by atoms with Gasteiger partial charge in [0, 0.05) is 35.9 Å². The average Bonchev–Trinajstić information content (AvgIpc) is 2.75. The number of halogens is 1. The first kappa shape index (κ1) is 21.1. The van der Waals surface area contributed by atoms with E-state index in [2.05, 4.69) is 10.6 Å². The van der Waals surface area contributed by atoms with Crippen LogP contribution >= 0.6 is 11.6 Å². The molecule has 7 heteroatoms. The molecule has 3 aromatic rings. The van der Waals surface area contributed by atoms with Gasteiger partial charge in [-0.15, -0.1) is 0 Å². The fourth-order valence-corrected chi connectivity index (χ4v) is 2.88. The molecule has 0 heterocycles. The predicted octanol–water partition coefficient (Wildman–Crippen LogP) is 4.73. The molecule has 0 saturated heterocycles. The van der Waals surface area contributed by atoms with Gasteiger partial charge in [0.2, 0.25) is 0 Å². The maximum Gasteiger partial charge on any atom is 0.257 e. The molecule has 0 saturated carbocycles. The van der Waals surface area contributed by atoms with Crippen molar-refractivity contribution in [3.8, 4) is 0 Å². The zero-order valence-corrected chi connectivity index (χ0v) is 17.3. The molecule has 0 spiro atoms. The molecule has 0 unspecified atom stereocenters. The van der Waals surface area contributed by atoms with E-state index in [1.807, 2.05) is 0 Å². The Kier molecular flexibility index (Phi) is 6.49. The summed E-state index contributed by atoms with van der Waals surface area (Å²) < 4.78 is 0. The van der Waals surface area contributed by atoms with Gasteiger partial charge in [-0.3, -0.25) is 15.0 Å². The van der Waals surface area contributed by atoms with Crippen LogP contribution in [0.2, 0.25) is 5.02 Å². The fraction of sp³-hybridized carbons (Fsp3) is 0.0870. The van der Waals surface area contributed by atoms with E-state index >= 15 is 0 Å². The van der Waals surface area contributed by atoms with E-state index < -0.39 is 0 Å². The molecule has 152 valence electrons. The number of amidine groups is 1. The minimum absolute atomic E-state index is 0.340. The molecule has 0 bridgehead atoms. The van der Waals surface area contributed by atoms with E-state index in [0.29, 0.717) is 38.9 Å². The maximum atomic E-state index is 12.7. The third-order valence-electron chi connectivity index (χ3n) is 4.39. The number of para-hydroxylation sites is 1. The number of nitrogens with zero attached hydrogens (tertiary/aromatic N) is 1. The van der Waals surface area contributed by atoms with Crippen molar-refractivity contribution in [2.24, 2.45) is 0 Å². The Labute approximate surface area is 180 Å². The molecule has 0 radical (unpaired) electrons. The zero-order valence-electron chi connectivity index (χ0n) is 16.6. The Bertz CT molecular complexity index is 1080. The van der Waals surface area contributed by atoms with Gasteiger partial charge in [0.05, 0.1) is 11.3 Å². The molecule has 3 rings (SSSR count). The van der Waals surface area contributed by atoms with Crippen molar-refractivity contribution in [2.75, 3.05) is 24.7 Å². The smallest absolute Gasteiger partial charge is 0.257 e. The van der Waals surface area contributed by atoms with Crippen LogP contribution in [0.4, 0.5) is 11.4 Å². The summed E-state index contributed by atoms with van der Waals surface area (Å²) >= 11 is 5.87. The number of rotatable bonds is 5. The lowest BCUT2D eigenvalue weighted by Gasteiger charge is -2.14. The third kappa shape index (κ3) is 5.04. The van der Waals surface area contributed by atoms with Gasteiger partial charge in [0.15, 0.2) is 0 Å². The van der Waals surface area contributed by atoms with E-state index in [1.54, 1.807) is 91.8 Å². The van der Waals surface area contributed by atoms with Gasteiger partial charge >= 0.3 is 0 Å². The highest BCUT2D eigenvalue weighted by atomic mass is 35.5. The molecule has 0 aliphatic rings. The van der Waals surface area contributed by atoms with Gasteiger partial charge in [-0.1, -0.05) is 35.9 Å². The largest absolute Gasteiger partial charge is 0.363 e. The van der Waals surface area contributed by atoms with Gasteiger partial charge in [-0.05, 0) is 48.5 Å². The Balaban J connectivity index is 1.75. The summed E-state index contributed by atoms with van der Waals surface area (Å²) in [7, 11) is 3.57. The van der Waals surface area contributed by atoms with Crippen LogP contribution in [-0.2, 0) is 0 Å². The summed E-state index contributed by atoms with van der Waals surface area (Å²) in [6.45, 7) is 0. The number of amides is 2. The monoisotopic (exact) mass is 420 g/mol. The van der Waals surface area contributed by atoms with Gasteiger partial charge in [-0.2, -0.15) is 0 Å². The highest BCUT2D eigenvalue weighted by molar-refractivity contribution is 6.30. The first-order valence-corrected chi connectivity index (χ1v) is 9.56. The van der Waals surface area contributed by atoms with E-state index in [-0.39, 0.29) is 11.8 Å². The Hall–Kier alpha value is -3.64. The first-order valence-electron chi connectivity index (χ1n) is 9.19. The van der Waals surface area contributed by atoms with E-state index in [0.717, 1.165) is 0 Å². The number of benzene rings is 3. The second kappa shape index (κ2) is 9.24. The number of carbonyl (C=O) groups is 2. The van der Waals surface area contributed by atoms with Gasteiger partial charge in [0.25, 0.3) is 11.8 Å². The number of carbonyl (C=O) groups excluding carboxylic acids is 2. The van der Waals surface area contributed by atoms with Crippen molar-refractivity contribution in [3.63, 3.8) is 0 Å². The molecular weight excluding hydrogens is 400 g/mol. The van der Waals surface area contributed by atoms with Crippen LogP contribution in [0.15, 0.2) is 72.8 Å². The van der Waals surface area contributed by atoms with E-state index in [4.69, 9.17) is 17.0 Å². The summed E-state index contributed by atoms with van der Waals surface area (Å²) in [5, 5.41) is 14.2. The lowest BCUT2D eigenvalue weighted by molar-refractivity contribution is 0.102. The van der Waals surface area contributed by atoms with Crippen LogP contribution in [0.1, 0.15) is 26.3 Å². The lowest BCUT2D eigenvalue weighted by Crippen LogP contribution is -2.22. The molecule has 0 fully saturated rings. The molecule has 3 aromatic carbocycles. The van der Waals surface area contributed by atoms with Gasteiger partial charge < -0.3 is 15.5 Å². The quantitative estimate of drug-likeness (QED) is 0.412. The van der Waals surface area contributed by atoms with Crippen LogP contribution in [0.5, 0.6) is 0 Å². The minimum atomic E-state index is -0.344.